The third-order valence-corrected chi connectivity index (χ3v) is 7.05. The monoisotopic (exact) mass is 455 g/mol. The number of carbonyl (C=O) groups is 1. The molecule has 1 amide bonds. The van der Waals surface area contributed by atoms with E-state index in [9.17, 15) is 4.79 Å². The van der Waals surface area contributed by atoms with Crippen LogP contribution in [0.25, 0.3) is 0 Å². The lowest BCUT2D eigenvalue weighted by molar-refractivity contribution is 0.0727. The zero-order chi connectivity index (χ0) is 22.9. The van der Waals surface area contributed by atoms with E-state index in [1.54, 1.807) is 17.4 Å². The Morgan fingerprint density at radius 3 is 2.62 bits per heavy atom. The number of thiazole rings is 1. The second kappa shape index (κ2) is 9.19. The first-order valence-corrected chi connectivity index (χ1v) is 12.1. The van der Waals surface area contributed by atoms with E-state index in [0.717, 1.165) is 55.4 Å². The summed E-state index contributed by atoms with van der Waals surface area (Å²) in [5, 5.41) is 7.81. The van der Waals surface area contributed by atoms with Gasteiger partial charge in [0.25, 0.3) is 5.91 Å². The van der Waals surface area contributed by atoms with Crippen LogP contribution in [-0.2, 0) is 18.5 Å². The van der Waals surface area contributed by atoms with Crippen molar-refractivity contribution in [2.45, 2.75) is 59.5 Å². The van der Waals surface area contributed by atoms with E-state index >= 15 is 0 Å². The number of furan rings is 1. The lowest BCUT2D eigenvalue weighted by Gasteiger charge is -2.21. The zero-order valence-electron chi connectivity index (χ0n) is 19.7. The Balaban J connectivity index is 1.34. The van der Waals surface area contributed by atoms with Crippen LogP contribution in [0.15, 0.2) is 28.0 Å². The Labute approximate surface area is 194 Å². The molecule has 3 aromatic heterocycles. The molecule has 0 atom stereocenters. The van der Waals surface area contributed by atoms with Gasteiger partial charge in [-0.2, -0.15) is 5.10 Å². The summed E-state index contributed by atoms with van der Waals surface area (Å²) in [6.45, 7) is 15.2. The third-order valence-electron chi connectivity index (χ3n) is 5.74. The lowest BCUT2D eigenvalue weighted by atomic mass is 9.98. The fraction of sp³-hybridized carbons (Fsp3) is 0.542. The molecule has 0 bridgehead atoms. The summed E-state index contributed by atoms with van der Waals surface area (Å²) < 4.78 is 7.79. The minimum absolute atomic E-state index is 0.0323. The summed E-state index contributed by atoms with van der Waals surface area (Å²) in [4.78, 5) is 22.2. The number of hydrogen-bond acceptors (Lipinski definition) is 6. The number of aryl methyl sites for hydroxylation is 2. The van der Waals surface area contributed by atoms with E-state index in [4.69, 9.17) is 9.40 Å². The maximum atomic E-state index is 13.0. The number of nitrogens with zero attached hydrogens (tertiary/aromatic N) is 5. The highest BCUT2D eigenvalue weighted by atomic mass is 32.1. The van der Waals surface area contributed by atoms with Crippen molar-refractivity contribution < 1.29 is 9.21 Å². The molecule has 0 spiro atoms. The van der Waals surface area contributed by atoms with Crippen molar-refractivity contribution in [3.8, 4) is 0 Å². The fourth-order valence-electron chi connectivity index (χ4n) is 4.00. The predicted octanol–water partition coefficient (Wildman–Crippen LogP) is 4.24. The van der Waals surface area contributed by atoms with Crippen LogP contribution in [0.5, 0.6) is 0 Å². The first-order chi connectivity index (χ1) is 15.2. The van der Waals surface area contributed by atoms with Crippen LogP contribution in [0.3, 0.4) is 0 Å². The van der Waals surface area contributed by atoms with Gasteiger partial charge in [0.05, 0.1) is 22.9 Å². The van der Waals surface area contributed by atoms with Crippen molar-refractivity contribution in [2.24, 2.45) is 0 Å². The number of hydrogen-bond donors (Lipinski definition) is 0. The van der Waals surface area contributed by atoms with Gasteiger partial charge in [-0.15, -0.1) is 11.3 Å². The van der Waals surface area contributed by atoms with Gasteiger partial charge in [0.1, 0.15) is 5.76 Å². The lowest BCUT2D eigenvalue weighted by Crippen LogP contribution is -2.35. The number of carbonyl (C=O) groups excluding carboxylic acids is 1. The SMILES string of the molecule is Cc1cc(C)n(Cc2ccc(C(=O)N3CCCN(Cc4csc(C(C)(C)C)n4)CC3)o2)n1. The molecule has 1 aliphatic heterocycles. The average Bonchev–Trinajstić information content (AvgIpc) is 3.40. The minimum atomic E-state index is -0.0323. The van der Waals surface area contributed by atoms with Crippen LogP contribution in [0, 0.1) is 13.8 Å². The first kappa shape index (κ1) is 22.7. The predicted molar refractivity (Wildman–Crippen MR) is 126 cm³/mol. The van der Waals surface area contributed by atoms with Gasteiger partial charge in [-0.25, -0.2) is 4.98 Å². The largest absolute Gasteiger partial charge is 0.454 e. The summed E-state index contributed by atoms with van der Waals surface area (Å²) in [6.07, 6.45) is 0.946. The molecule has 32 heavy (non-hydrogen) atoms. The molecular weight excluding hydrogens is 422 g/mol. The molecule has 3 aromatic rings. The number of aromatic nitrogens is 3. The van der Waals surface area contributed by atoms with Crippen LogP contribution in [-0.4, -0.2) is 56.7 Å². The van der Waals surface area contributed by atoms with E-state index in [0.29, 0.717) is 18.8 Å². The molecule has 1 fully saturated rings. The molecule has 1 saturated heterocycles. The number of rotatable bonds is 5. The van der Waals surface area contributed by atoms with Crippen LogP contribution >= 0.6 is 11.3 Å². The summed E-state index contributed by atoms with van der Waals surface area (Å²) >= 11 is 1.74. The quantitative estimate of drug-likeness (QED) is 0.576. The van der Waals surface area contributed by atoms with Crippen molar-refractivity contribution in [2.75, 3.05) is 26.2 Å². The maximum Gasteiger partial charge on any atom is 0.289 e. The van der Waals surface area contributed by atoms with E-state index in [1.807, 2.05) is 35.6 Å². The third kappa shape index (κ3) is 5.30. The normalized spacial score (nSPS) is 15.8. The van der Waals surface area contributed by atoms with E-state index in [2.05, 4.69) is 36.1 Å². The minimum Gasteiger partial charge on any atom is -0.454 e. The second-order valence-electron chi connectivity index (χ2n) is 9.67. The topological polar surface area (TPSA) is 67.4 Å². The molecule has 8 heteroatoms. The number of amides is 1. The summed E-state index contributed by atoms with van der Waals surface area (Å²) in [7, 11) is 0. The van der Waals surface area contributed by atoms with Crippen LogP contribution in [0.4, 0.5) is 0 Å². The Kier molecular flexibility index (Phi) is 6.53. The fourth-order valence-corrected chi connectivity index (χ4v) is 4.90. The molecule has 0 aromatic carbocycles. The van der Waals surface area contributed by atoms with Crippen molar-refractivity contribution in [3.05, 3.63) is 57.2 Å². The average molecular weight is 456 g/mol. The molecule has 0 unspecified atom stereocenters. The van der Waals surface area contributed by atoms with E-state index < -0.39 is 0 Å². The Bertz CT molecular complexity index is 1070. The highest BCUT2D eigenvalue weighted by Crippen LogP contribution is 2.26. The van der Waals surface area contributed by atoms with Crippen molar-refractivity contribution in [1.29, 1.82) is 0 Å². The van der Waals surface area contributed by atoms with Gasteiger partial charge in [0, 0.05) is 49.2 Å². The molecule has 0 N–H and O–H groups in total. The summed E-state index contributed by atoms with van der Waals surface area (Å²) in [5.74, 6) is 1.12. The second-order valence-corrected chi connectivity index (χ2v) is 10.5. The van der Waals surface area contributed by atoms with Crippen molar-refractivity contribution >= 4 is 17.2 Å². The van der Waals surface area contributed by atoms with Gasteiger partial charge in [-0.1, -0.05) is 20.8 Å². The molecule has 7 nitrogen and oxygen atoms in total. The van der Waals surface area contributed by atoms with E-state index in [-0.39, 0.29) is 11.3 Å². The smallest absolute Gasteiger partial charge is 0.289 e. The van der Waals surface area contributed by atoms with Crippen LogP contribution < -0.4 is 0 Å². The van der Waals surface area contributed by atoms with Gasteiger partial charge in [-0.3, -0.25) is 14.4 Å². The summed E-state index contributed by atoms with van der Waals surface area (Å²) in [6, 6.07) is 5.70. The molecule has 172 valence electrons. The van der Waals surface area contributed by atoms with Gasteiger partial charge >= 0.3 is 0 Å². The van der Waals surface area contributed by atoms with Gasteiger partial charge in [0.2, 0.25) is 0 Å². The standard InChI is InChI=1S/C24H33N5O2S/c1-17-13-18(2)29(26-17)15-20-7-8-21(31-20)22(30)28-10-6-9-27(11-12-28)14-19-16-32-23(25-19)24(3,4)5/h7-8,13,16H,6,9-12,14-15H2,1-5H3. The van der Waals surface area contributed by atoms with E-state index in [1.165, 1.54) is 5.01 Å². The van der Waals surface area contributed by atoms with Gasteiger partial charge < -0.3 is 9.32 Å². The molecule has 1 aliphatic rings. The van der Waals surface area contributed by atoms with Crippen molar-refractivity contribution in [1.82, 2.24) is 24.6 Å². The first-order valence-electron chi connectivity index (χ1n) is 11.3. The molecule has 0 aliphatic carbocycles. The maximum absolute atomic E-state index is 13.0. The molecule has 0 saturated carbocycles. The highest BCUT2D eigenvalue weighted by molar-refractivity contribution is 7.09. The Morgan fingerprint density at radius 1 is 1.12 bits per heavy atom. The van der Waals surface area contributed by atoms with Gasteiger partial charge in [0.15, 0.2) is 5.76 Å². The molecule has 4 rings (SSSR count). The molecule has 0 radical (unpaired) electrons. The Morgan fingerprint density at radius 2 is 1.94 bits per heavy atom. The van der Waals surface area contributed by atoms with Crippen LogP contribution in [0.2, 0.25) is 0 Å². The van der Waals surface area contributed by atoms with Gasteiger partial charge in [-0.05, 0) is 38.5 Å². The zero-order valence-corrected chi connectivity index (χ0v) is 20.5. The molecule has 4 heterocycles. The Hall–Kier alpha value is -2.45. The summed E-state index contributed by atoms with van der Waals surface area (Å²) in [5.41, 5.74) is 3.27. The van der Waals surface area contributed by atoms with Crippen molar-refractivity contribution in [3.63, 3.8) is 0 Å². The highest BCUT2D eigenvalue weighted by Gasteiger charge is 2.24. The van der Waals surface area contributed by atoms with Crippen LogP contribution in [0.1, 0.15) is 65.6 Å². The molecular formula is C24H33N5O2S.